The zero-order valence-electron chi connectivity index (χ0n) is 14.3. The first-order valence-corrected chi connectivity index (χ1v) is 8.37. The number of nitrogens with one attached hydrogen (secondary N) is 2. The van der Waals surface area contributed by atoms with Crippen LogP contribution >= 0.6 is 0 Å². The lowest BCUT2D eigenvalue weighted by Crippen LogP contribution is -2.49. The number of ether oxygens (including phenoxy) is 2. The number of methoxy groups -OCH3 is 1. The smallest absolute Gasteiger partial charge is 0.191 e. The molecule has 1 aliphatic rings. The van der Waals surface area contributed by atoms with Gasteiger partial charge < -0.3 is 20.1 Å². The highest BCUT2D eigenvalue weighted by molar-refractivity contribution is 5.79. The van der Waals surface area contributed by atoms with Gasteiger partial charge in [-0.05, 0) is 18.4 Å². The van der Waals surface area contributed by atoms with Gasteiger partial charge in [0.25, 0.3) is 0 Å². The molecule has 0 radical (unpaired) electrons. The molecule has 0 bridgehead atoms. The molecule has 0 aliphatic heterocycles. The minimum absolute atomic E-state index is 0.258. The van der Waals surface area contributed by atoms with Crippen LogP contribution < -0.4 is 10.6 Å². The SMILES string of the molecule is CN=C(NCCOCCOC)NCC1(c2ccccc2)CCC1. The molecule has 0 atom stereocenters. The monoisotopic (exact) mass is 319 g/mol. The van der Waals surface area contributed by atoms with Gasteiger partial charge in [-0.1, -0.05) is 36.8 Å². The van der Waals surface area contributed by atoms with Crippen molar-refractivity contribution in [3.63, 3.8) is 0 Å². The third kappa shape index (κ3) is 5.22. The molecule has 1 aliphatic carbocycles. The maximum Gasteiger partial charge on any atom is 0.191 e. The molecule has 1 aromatic carbocycles. The van der Waals surface area contributed by atoms with Crippen LogP contribution in [0.2, 0.25) is 0 Å². The largest absolute Gasteiger partial charge is 0.382 e. The van der Waals surface area contributed by atoms with Crippen molar-refractivity contribution >= 4 is 5.96 Å². The van der Waals surface area contributed by atoms with E-state index in [9.17, 15) is 0 Å². The Balaban J connectivity index is 1.74. The second-order valence-corrected chi connectivity index (χ2v) is 5.96. The van der Waals surface area contributed by atoms with Crippen molar-refractivity contribution in [3.8, 4) is 0 Å². The number of hydrogen-bond acceptors (Lipinski definition) is 3. The summed E-state index contributed by atoms with van der Waals surface area (Å²) in [6.07, 6.45) is 3.78. The van der Waals surface area contributed by atoms with Crippen molar-refractivity contribution in [1.29, 1.82) is 0 Å². The van der Waals surface area contributed by atoms with Crippen molar-refractivity contribution in [2.45, 2.75) is 24.7 Å². The molecule has 0 spiro atoms. The molecule has 128 valence electrons. The fourth-order valence-electron chi connectivity index (χ4n) is 2.92. The predicted octanol–water partition coefficient (Wildman–Crippen LogP) is 1.94. The van der Waals surface area contributed by atoms with Crippen molar-refractivity contribution in [1.82, 2.24) is 10.6 Å². The van der Waals surface area contributed by atoms with Crippen LogP contribution in [0.15, 0.2) is 35.3 Å². The van der Waals surface area contributed by atoms with Gasteiger partial charge in [0, 0.05) is 32.7 Å². The number of guanidine groups is 1. The van der Waals surface area contributed by atoms with Gasteiger partial charge in [0.2, 0.25) is 0 Å². The summed E-state index contributed by atoms with van der Waals surface area (Å²) in [6, 6.07) is 10.8. The topological polar surface area (TPSA) is 54.9 Å². The lowest BCUT2D eigenvalue weighted by atomic mass is 9.64. The maximum absolute atomic E-state index is 5.45. The molecule has 1 fully saturated rings. The predicted molar refractivity (Wildman–Crippen MR) is 94.0 cm³/mol. The third-order valence-electron chi connectivity index (χ3n) is 4.49. The van der Waals surface area contributed by atoms with Gasteiger partial charge in [0.15, 0.2) is 5.96 Å². The maximum atomic E-state index is 5.45. The van der Waals surface area contributed by atoms with Gasteiger partial charge in [-0.25, -0.2) is 0 Å². The van der Waals surface area contributed by atoms with Crippen LogP contribution in [-0.4, -0.2) is 53.0 Å². The Kier molecular flexibility index (Phi) is 7.36. The fraction of sp³-hybridized carbons (Fsp3) is 0.611. The molecular weight excluding hydrogens is 290 g/mol. The number of aliphatic imine (C=N–C) groups is 1. The molecule has 23 heavy (non-hydrogen) atoms. The fourth-order valence-corrected chi connectivity index (χ4v) is 2.92. The van der Waals surface area contributed by atoms with E-state index in [1.54, 1.807) is 14.2 Å². The van der Waals surface area contributed by atoms with E-state index in [-0.39, 0.29) is 5.41 Å². The van der Waals surface area contributed by atoms with Crippen LogP contribution in [0.25, 0.3) is 0 Å². The number of nitrogens with zero attached hydrogens (tertiary/aromatic N) is 1. The van der Waals surface area contributed by atoms with E-state index in [1.807, 2.05) is 0 Å². The van der Waals surface area contributed by atoms with Crippen molar-refractivity contribution < 1.29 is 9.47 Å². The molecule has 0 heterocycles. The van der Waals surface area contributed by atoms with Crippen LogP contribution in [0.4, 0.5) is 0 Å². The summed E-state index contributed by atoms with van der Waals surface area (Å²) >= 11 is 0. The molecule has 0 amide bonds. The minimum atomic E-state index is 0.258. The Hall–Kier alpha value is -1.59. The summed E-state index contributed by atoms with van der Waals surface area (Å²) in [5, 5.41) is 6.76. The Morgan fingerprint density at radius 3 is 2.52 bits per heavy atom. The average Bonchev–Trinajstić information content (AvgIpc) is 2.56. The summed E-state index contributed by atoms with van der Waals surface area (Å²) in [7, 11) is 3.48. The zero-order valence-corrected chi connectivity index (χ0v) is 14.3. The van der Waals surface area contributed by atoms with Gasteiger partial charge in [0.05, 0.1) is 19.8 Å². The summed E-state index contributed by atoms with van der Waals surface area (Å²) in [5.74, 6) is 0.836. The zero-order chi connectivity index (χ0) is 16.4. The van der Waals surface area contributed by atoms with Crippen LogP contribution in [-0.2, 0) is 14.9 Å². The molecule has 0 saturated heterocycles. The highest BCUT2D eigenvalue weighted by atomic mass is 16.5. The van der Waals surface area contributed by atoms with Crippen LogP contribution in [0.5, 0.6) is 0 Å². The molecule has 2 rings (SSSR count). The van der Waals surface area contributed by atoms with Gasteiger partial charge in [0.1, 0.15) is 0 Å². The van der Waals surface area contributed by atoms with Gasteiger partial charge in [-0.3, -0.25) is 4.99 Å². The van der Waals surface area contributed by atoms with Gasteiger partial charge >= 0.3 is 0 Å². The molecule has 5 nitrogen and oxygen atoms in total. The Morgan fingerprint density at radius 2 is 1.91 bits per heavy atom. The van der Waals surface area contributed by atoms with Crippen LogP contribution in [0.3, 0.4) is 0 Å². The standard InChI is InChI=1S/C18H29N3O2/c1-19-17(20-11-12-23-14-13-22-2)21-15-18(9-6-10-18)16-7-4-3-5-8-16/h3-5,7-8H,6,9-15H2,1-2H3,(H2,19,20,21). The second kappa shape index (κ2) is 9.53. The van der Waals surface area contributed by atoms with E-state index in [4.69, 9.17) is 9.47 Å². The number of benzene rings is 1. The molecular formula is C18H29N3O2. The molecule has 2 N–H and O–H groups in total. The summed E-state index contributed by atoms with van der Waals surface area (Å²) in [4.78, 5) is 4.29. The van der Waals surface area contributed by atoms with E-state index in [1.165, 1.54) is 24.8 Å². The van der Waals surface area contributed by atoms with Crippen LogP contribution in [0.1, 0.15) is 24.8 Å². The number of rotatable bonds is 9. The van der Waals surface area contributed by atoms with E-state index >= 15 is 0 Å². The molecule has 1 saturated carbocycles. The van der Waals surface area contributed by atoms with Gasteiger partial charge in [-0.15, -0.1) is 0 Å². The normalized spacial score (nSPS) is 16.7. The van der Waals surface area contributed by atoms with Gasteiger partial charge in [-0.2, -0.15) is 0 Å². The molecule has 5 heteroatoms. The Morgan fingerprint density at radius 1 is 1.13 bits per heavy atom. The molecule has 0 aromatic heterocycles. The highest BCUT2D eigenvalue weighted by Crippen LogP contribution is 2.43. The quantitative estimate of drug-likeness (QED) is 0.415. The van der Waals surface area contributed by atoms with E-state index in [0.29, 0.717) is 19.8 Å². The lowest BCUT2D eigenvalue weighted by molar-refractivity contribution is 0.0733. The summed E-state index contributed by atoms with van der Waals surface area (Å²) < 4.78 is 10.4. The lowest BCUT2D eigenvalue weighted by Gasteiger charge is -2.43. The van der Waals surface area contributed by atoms with E-state index in [0.717, 1.165) is 19.0 Å². The summed E-state index contributed by atoms with van der Waals surface area (Å²) in [5.41, 5.74) is 1.69. The van der Waals surface area contributed by atoms with E-state index in [2.05, 4.69) is 46.0 Å². The number of hydrogen-bond donors (Lipinski definition) is 2. The highest BCUT2D eigenvalue weighted by Gasteiger charge is 2.38. The first-order valence-electron chi connectivity index (χ1n) is 8.37. The second-order valence-electron chi connectivity index (χ2n) is 5.96. The minimum Gasteiger partial charge on any atom is -0.382 e. The van der Waals surface area contributed by atoms with Crippen molar-refractivity contribution in [2.75, 3.05) is 47.1 Å². The van der Waals surface area contributed by atoms with Crippen LogP contribution in [0, 0.1) is 0 Å². The Labute approximate surface area is 139 Å². The first-order chi connectivity index (χ1) is 11.3. The third-order valence-corrected chi connectivity index (χ3v) is 4.49. The average molecular weight is 319 g/mol. The molecule has 1 aromatic rings. The van der Waals surface area contributed by atoms with Crippen molar-refractivity contribution in [2.24, 2.45) is 4.99 Å². The van der Waals surface area contributed by atoms with E-state index < -0.39 is 0 Å². The Bertz CT molecular complexity index is 472. The van der Waals surface area contributed by atoms with Crippen molar-refractivity contribution in [3.05, 3.63) is 35.9 Å². The first kappa shape index (κ1) is 17.8. The molecule has 0 unspecified atom stereocenters. The summed E-state index contributed by atoms with van der Waals surface area (Å²) in [6.45, 7) is 3.56.